The van der Waals surface area contributed by atoms with Crippen LogP contribution in [0.3, 0.4) is 0 Å². The Labute approximate surface area is 133 Å². The zero-order valence-corrected chi connectivity index (χ0v) is 13.1. The number of rotatable bonds is 5. The van der Waals surface area contributed by atoms with Gasteiger partial charge in [-0.2, -0.15) is 0 Å². The topological polar surface area (TPSA) is 99.6 Å². The Balaban J connectivity index is 1.74. The summed E-state index contributed by atoms with van der Waals surface area (Å²) in [5, 5.41) is 17.3. The minimum absolute atomic E-state index is 0.0756. The van der Waals surface area contributed by atoms with Gasteiger partial charge in [-0.05, 0) is 19.8 Å². The molecule has 1 N–H and O–H groups in total. The summed E-state index contributed by atoms with van der Waals surface area (Å²) in [6.45, 7) is 3.53. The molecule has 0 atom stereocenters. The third kappa shape index (κ3) is 3.21. The van der Waals surface area contributed by atoms with Gasteiger partial charge in [0.15, 0.2) is 0 Å². The van der Waals surface area contributed by atoms with E-state index in [4.69, 9.17) is 19.1 Å². The van der Waals surface area contributed by atoms with Gasteiger partial charge in [-0.15, -0.1) is 5.10 Å². The van der Waals surface area contributed by atoms with Crippen molar-refractivity contribution in [3.63, 3.8) is 0 Å². The van der Waals surface area contributed by atoms with E-state index >= 15 is 0 Å². The number of carboxylic acid groups (broad SMARTS) is 1. The van der Waals surface area contributed by atoms with Crippen LogP contribution in [-0.4, -0.2) is 39.2 Å². The number of carboxylic acids is 1. The SMILES string of the molecule is Cc1onc(C2CCOCC2)c1COc1cc(C(=O)O)n(C)n1. The van der Waals surface area contributed by atoms with Crippen LogP contribution in [0.1, 0.15) is 46.3 Å². The van der Waals surface area contributed by atoms with Gasteiger partial charge in [0.1, 0.15) is 18.1 Å². The van der Waals surface area contributed by atoms with Crippen LogP contribution in [0.2, 0.25) is 0 Å². The third-order valence-electron chi connectivity index (χ3n) is 4.06. The van der Waals surface area contributed by atoms with Gasteiger partial charge in [0.25, 0.3) is 0 Å². The van der Waals surface area contributed by atoms with Crippen molar-refractivity contribution in [2.45, 2.75) is 32.3 Å². The molecule has 8 heteroatoms. The maximum atomic E-state index is 11.0. The number of aryl methyl sites for hydroxylation is 2. The Morgan fingerprint density at radius 1 is 1.48 bits per heavy atom. The minimum atomic E-state index is -1.04. The average Bonchev–Trinajstić information content (AvgIpc) is 3.09. The molecule has 0 bridgehead atoms. The van der Waals surface area contributed by atoms with Gasteiger partial charge in [0.2, 0.25) is 5.88 Å². The van der Waals surface area contributed by atoms with Crippen LogP contribution < -0.4 is 4.74 Å². The van der Waals surface area contributed by atoms with Crippen molar-refractivity contribution >= 4 is 5.97 Å². The number of aromatic nitrogens is 3. The number of ether oxygens (including phenoxy) is 2. The lowest BCUT2D eigenvalue weighted by atomic mass is 9.93. The van der Waals surface area contributed by atoms with Gasteiger partial charge >= 0.3 is 5.97 Å². The van der Waals surface area contributed by atoms with Crippen LogP contribution in [0.15, 0.2) is 10.6 Å². The molecule has 0 spiro atoms. The second-order valence-electron chi connectivity index (χ2n) is 5.57. The molecular weight excluding hydrogens is 302 g/mol. The highest BCUT2D eigenvalue weighted by atomic mass is 16.5. The van der Waals surface area contributed by atoms with E-state index in [1.54, 1.807) is 7.05 Å². The van der Waals surface area contributed by atoms with Gasteiger partial charge in [-0.25, -0.2) is 4.79 Å². The molecule has 3 rings (SSSR count). The van der Waals surface area contributed by atoms with Gasteiger partial charge in [0.05, 0.1) is 11.3 Å². The van der Waals surface area contributed by atoms with Crippen molar-refractivity contribution in [3.05, 3.63) is 28.8 Å². The molecule has 8 nitrogen and oxygen atoms in total. The summed E-state index contributed by atoms with van der Waals surface area (Å²) >= 11 is 0. The molecule has 0 saturated carbocycles. The van der Waals surface area contributed by atoms with Crippen molar-refractivity contribution in [1.82, 2.24) is 14.9 Å². The quantitative estimate of drug-likeness (QED) is 0.897. The summed E-state index contributed by atoms with van der Waals surface area (Å²) in [6.07, 6.45) is 1.82. The standard InChI is InChI=1S/C15H19N3O5/c1-9-11(14(17-23-9)10-3-5-21-6-4-10)8-22-13-7-12(15(19)20)18(2)16-13/h7,10H,3-6,8H2,1-2H3,(H,19,20). The largest absolute Gasteiger partial charge is 0.477 e. The molecule has 1 saturated heterocycles. The first-order valence-electron chi connectivity index (χ1n) is 7.49. The highest BCUT2D eigenvalue weighted by Gasteiger charge is 2.25. The maximum absolute atomic E-state index is 11.0. The summed E-state index contributed by atoms with van der Waals surface area (Å²) in [5.74, 6) is 0.237. The fraction of sp³-hybridized carbons (Fsp3) is 0.533. The molecule has 1 aliphatic heterocycles. The van der Waals surface area contributed by atoms with Crippen LogP contribution in [-0.2, 0) is 18.4 Å². The Kier molecular flexibility index (Phi) is 4.33. The fourth-order valence-corrected chi connectivity index (χ4v) is 2.73. The highest BCUT2D eigenvalue weighted by molar-refractivity contribution is 5.85. The average molecular weight is 321 g/mol. The predicted octanol–water partition coefficient (Wildman–Crippen LogP) is 1.89. The molecular formula is C15H19N3O5. The molecule has 0 aromatic carbocycles. The van der Waals surface area contributed by atoms with Crippen LogP contribution in [0.25, 0.3) is 0 Å². The van der Waals surface area contributed by atoms with E-state index in [1.807, 2.05) is 6.92 Å². The zero-order valence-electron chi connectivity index (χ0n) is 13.1. The summed E-state index contributed by atoms with van der Waals surface area (Å²) in [5.41, 5.74) is 1.88. The van der Waals surface area contributed by atoms with E-state index in [2.05, 4.69) is 10.3 Å². The van der Waals surface area contributed by atoms with Crippen molar-refractivity contribution < 1.29 is 23.9 Å². The second kappa shape index (κ2) is 6.41. The number of aromatic carboxylic acids is 1. The fourth-order valence-electron chi connectivity index (χ4n) is 2.73. The van der Waals surface area contributed by atoms with Gasteiger partial charge in [-0.3, -0.25) is 4.68 Å². The molecule has 0 aliphatic carbocycles. The second-order valence-corrected chi connectivity index (χ2v) is 5.57. The van der Waals surface area contributed by atoms with E-state index in [-0.39, 0.29) is 18.2 Å². The number of nitrogens with zero attached hydrogens (tertiary/aromatic N) is 3. The number of carbonyl (C=O) groups is 1. The Bertz CT molecular complexity index is 700. The van der Waals surface area contributed by atoms with E-state index in [9.17, 15) is 4.79 Å². The van der Waals surface area contributed by atoms with Crippen molar-refractivity contribution in [2.24, 2.45) is 7.05 Å². The van der Waals surface area contributed by atoms with E-state index in [1.165, 1.54) is 10.7 Å². The number of hydrogen-bond donors (Lipinski definition) is 1. The minimum Gasteiger partial charge on any atom is -0.477 e. The molecule has 2 aromatic rings. The summed E-state index contributed by atoms with van der Waals surface area (Å²) in [6, 6.07) is 1.40. The lowest BCUT2D eigenvalue weighted by Crippen LogP contribution is -2.16. The van der Waals surface area contributed by atoms with Crippen molar-refractivity contribution in [1.29, 1.82) is 0 Å². The van der Waals surface area contributed by atoms with Crippen LogP contribution >= 0.6 is 0 Å². The Hall–Kier alpha value is -2.35. The molecule has 2 aromatic heterocycles. The molecule has 3 heterocycles. The highest BCUT2D eigenvalue weighted by Crippen LogP contribution is 2.30. The van der Waals surface area contributed by atoms with E-state index in [0.29, 0.717) is 11.7 Å². The van der Waals surface area contributed by atoms with Gasteiger partial charge < -0.3 is 19.1 Å². The smallest absolute Gasteiger partial charge is 0.354 e. The molecule has 23 heavy (non-hydrogen) atoms. The molecule has 0 amide bonds. The molecule has 0 unspecified atom stereocenters. The molecule has 124 valence electrons. The normalized spacial score (nSPS) is 15.7. The first-order valence-corrected chi connectivity index (χ1v) is 7.49. The Morgan fingerprint density at radius 2 is 2.22 bits per heavy atom. The molecule has 1 aliphatic rings. The zero-order chi connectivity index (χ0) is 16.4. The summed E-state index contributed by atoms with van der Waals surface area (Å²) in [7, 11) is 1.56. The van der Waals surface area contributed by atoms with Crippen molar-refractivity contribution in [3.8, 4) is 5.88 Å². The number of hydrogen-bond acceptors (Lipinski definition) is 6. The monoisotopic (exact) mass is 321 g/mol. The van der Waals surface area contributed by atoms with Crippen molar-refractivity contribution in [2.75, 3.05) is 13.2 Å². The predicted molar refractivity (Wildman–Crippen MR) is 78.5 cm³/mol. The van der Waals surface area contributed by atoms with E-state index < -0.39 is 5.97 Å². The van der Waals surface area contributed by atoms with Crippen LogP contribution in [0, 0.1) is 6.92 Å². The van der Waals surface area contributed by atoms with Gasteiger partial charge in [-0.1, -0.05) is 5.16 Å². The molecule has 1 fully saturated rings. The molecule has 0 radical (unpaired) electrons. The summed E-state index contributed by atoms with van der Waals surface area (Å²) in [4.78, 5) is 11.0. The van der Waals surface area contributed by atoms with Crippen LogP contribution in [0.4, 0.5) is 0 Å². The lowest BCUT2D eigenvalue weighted by Gasteiger charge is -2.20. The third-order valence-corrected chi connectivity index (χ3v) is 4.06. The first-order chi connectivity index (χ1) is 11.1. The van der Waals surface area contributed by atoms with Crippen LogP contribution in [0.5, 0.6) is 5.88 Å². The maximum Gasteiger partial charge on any atom is 0.354 e. The van der Waals surface area contributed by atoms with Gasteiger partial charge in [0, 0.05) is 32.2 Å². The Morgan fingerprint density at radius 3 is 2.87 bits per heavy atom. The van der Waals surface area contributed by atoms with E-state index in [0.717, 1.165) is 37.3 Å². The first kappa shape index (κ1) is 15.5. The lowest BCUT2D eigenvalue weighted by molar-refractivity contribution is 0.0685. The summed E-state index contributed by atoms with van der Waals surface area (Å²) < 4.78 is 17.6.